The largest absolute Gasteiger partial charge is 0.361 e. The smallest absolute Gasteiger partial charge is 0.109 e. The minimum atomic E-state index is -0.348. The summed E-state index contributed by atoms with van der Waals surface area (Å²) in [6, 6.07) is 5.94. The molecule has 7 heteroatoms. The van der Waals surface area contributed by atoms with E-state index in [-0.39, 0.29) is 37.5 Å². The summed E-state index contributed by atoms with van der Waals surface area (Å²) in [5, 5.41) is 4.41. The van der Waals surface area contributed by atoms with Crippen molar-refractivity contribution < 1.29 is 4.39 Å². The summed E-state index contributed by atoms with van der Waals surface area (Å²) in [6.07, 6.45) is 1.95. The number of aromatic amines is 1. The highest BCUT2D eigenvalue weighted by molar-refractivity contribution is 9.10. The molecule has 0 spiro atoms. The predicted molar refractivity (Wildman–Crippen MR) is 93.7 cm³/mol. The highest BCUT2D eigenvalue weighted by atomic mass is 79.9. The molecule has 0 aliphatic carbocycles. The first kappa shape index (κ1) is 18.7. The van der Waals surface area contributed by atoms with Crippen LogP contribution < -0.4 is 5.32 Å². The highest BCUT2D eigenvalue weighted by Crippen LogP contribution is 2.30. The standard InChI is InChI=1S/C14H17BrFN3.2ClH/c15-10-1-2-13-11(7-10)12(9-18-13)14(8-16)19-5-3-17-4-6-19;;/h1-2,7,9,14,17-18H,3-6,8H2;2*1H/t14-;;/m0../s1. The monoisotopic (exact) mass is 397 g/mol. The third-order valence-electron chi connectivity index (χ3n) is 3.77. The maximum absolute atomic E-state index is 13.5. The van der Waals surface area contributed by atoms with E-state index in [9.17, 15) is 4.39 Å². The molecule has 2 heterocycles. The number of alkyl halides is 1. The molecule has 2 N–H and O–H groups in total. The lowest BCUT2D eigenvalue weighted by Crippen LogP contribution is -2.45. The molecule has 1 aromatic heterocycles. The number of H-pyrrole nitrogens is 1. The zero-order chi connectivity index (χ0) is 13.2. The summed E-state index contributed by atoms with van der Waals surface area (Å²) in [5.74, 6) is 0. The van der Waals surface area contributed by atoms with Crippen molar-refractivity contribution in [3.05, 3.63) is 34.4 Å². The second kappa shape index (κ2) is 8.34. The van der Waals surface area contributed by atoms with Crippen LogP contribution in [0.1, 0.15) is 11.6 Å². The number of aromatic nitrogens is 1. The molecule has 0 unspecified atom stereocenters. The van der Waals surface area contributed by atoms with Crippen LogP contribution in [-0.2, 0) is 0 Å². The van der Waals surface area contributed by atoms with Crippen LogP contribution >= 0.6 is 40.7 Å². The number of piperazine rings is 1. The van der Waals surface area contributed by atoms with Gasteiger partial charge in [-0.2, -0.15) is 0 Å². The van der Waals surface area contributed by atoms with E-state index in [1.165, 1.54) is 0 Å². The van der Waals surface area contributed by atoms with E-state index in [2.05, 4.69) is 37.2 Å². The molecule has 21 heavy (non-hydrogen) atoms. The van der Waals surface area contributed by atoms with Gasteiger partial charge < -0.3 is 10.3 Å². The van der Waals surface area contributed by atoms with Crippen molar-refractivity contribution in [2.24, 2.45) is 0 Å². The maximum atomic E-state index is 13.5. The van der Waals surface area contributed by atoms with Crippen LogP contribution in [0.25, 0.3) is 10.9 Å². The van der Waals surface area contributed by atoms with Crippen LogP contribution in [0.5, 0.6) is 0 Å². The van der Waals surface area contributed by atoms with Gasteiger partial charge in [-0.05, 0) is 23.8 Å². The van der Waals surface area contributed by atoms with Crippen LogP contribution in [0.2, 0.25) is 0 Å². The van der Waals surface area contributed by atoms with Crippen molar-refractivity contribution in [1.29, 1.82) is 0 Å². The van der Waals surface area contributed by atoms with E-state index in [1.54, 1.807) is 0 Å². The topological polar surface area (TPSA) is 31.1 Å². The van der Waals surface area contributed by atoms with Gasteiger partial charge in [-0.3, -0.25) is 4.90 Å². The lowest BCUT2D eigenvalue weighted by molar-refractivity contribution is 0.148. The van der Waals surface area contributed by atoms with Crippen LogP contribution in [0.15, 0.2) is 28.9 Å². The summed E-state index contributed by atoms with van der Waals surface area (Å²) < 4.78 is 14.6. The maximum Gasteiger partial charge on any atom is 0.109 e. The zero-order valence-electron chi connectivity index (χ0n) is 11.4. The average molecular weight is 399 g/mol. The lowest BCUT2D eigenvalue weighted by atomic mass is 10.0. The molecule has 1 atom stereocenters. The van der Waals surface area contributed by atoms with Crippen LogP contribution in [0, 0.1) is 0 Å². The molecule has 1 aliphatic rings. The second-order valence-electron chi connectivity index (χ2n) is 4.89. The van der Waals surface area contributed by atoms with Gasteiger partial charge in [0.25, 0.3) is 0 Å². The molecular weight excluding hydrogens is 380 g/mol. The van der Waals surface area contributed by atoms with Crippen LogP contribution in [-0.4, -0.2) is 42.7 Å². The lowest BCUT2D eigenvalue weighted by Gasteiger charge is -2.33. The molecule has 1 fully saturated rings. The van der Waals surface area contributed by atoms with Gasteiger partial charge in [0.15, 0.2) is 0 Å². The number of hydrogen-bond acceptors (Lipinski definition) is 2. The third-order valence-corrected chi connectivity index (χ3v) is 4.27. The van der Waals surface area contributed by atoms with Gasteiger partial charge in [0, 0.05) is 47.8 Å². The van der Waals surface area contributed by atoms with Gasteiger partial charge >= 0.3 is 0 Å². The van der Waals surface area contributed by atoms with Crippen molar-refractivity contribution in [3.8, 4) is 0 Å². The first-order valence-corrected chi connectivity index (χ1v) is 7.36. The fourth-order valence-electron chi connectivity index (χ4n) is 2.76. The summed E-state index contributed by atoms with van der Waals surface area (Å²) in [4.78, 5) is 5.46. The molecule has 0 saturated carbocycles. The van der Waals surface area contributed by atoms with E-state index in [0.717, 1.165) is 47.1 Å². The molecule has 1 aromatic carbocycles. The highest BCUT2D eigenvalue weighted by Gasteiger charge is 2.24. The first-order chi connectivity index (χ1) is 9.29. The predicted octanol–water partition coefficient (Wildman–Crippen LogP) is 3.69. The summed E-state index contributed by atoms with van der Waals surface area (Å²) >= 11 is 3.49. The number of benzene rings is 1. The number of hydrogen-bond donors (Lipinski definition) is 2. The molecule has 0 amide bonds. The Morgan fingerprint density at radius 3 is 2.62 bits per heavy atom. The van der Waals surface area contributed by atoms with E-state index >= 15 is 0 Å². The van der Waals surface area contributed by atoms with Gasteiger partial charge in [0.2, 0.25) is 0 Å². The van der Waals surface area contributed by atoms with Gasteiger partial charge in [0.1, 0.15) is 6.67 Å². The Morgan fingerprint density at radius 1 is 1.24 bits per heavy atom. The molecule has 2 aromatic rings. The van der Waals surface area contributed by atoms with Gasteiger partial charge in [-0.1, -0.05) is 15.9 Å². The van der Waals surface area contributed by atoms with Crippen LogP contribution in [0.4, 0.5) is 4.39 Å². The van der Waals surface area contributed by atoms with Crippen molar-refractivity contribution in [2.75, 3.05) is 32.9 Å². The normalized spacial score (nSPS) is 17.0. The number of nitrogens with zero attached hydrogens (tertiary/aromatic N) is 1. The molecule has 3 nitrogen and oxygen atoms in total. The first-order valence-electron chi connectivity index (χ1n) is 6.57. The molecule has 1 saturated heterocycles. The van der Waals surface area contributed by atoms with Gasteiger partial charge in [-0.25, -0.2) is 4.39 Å². The Balaban J connectivity index is 0.00000110. The van der Waals surface area contributed by atoms with Gasteiger partial charge in [-0.15, -0.1) is 24.8 Å². The van der Waals surface area contributed by atoms with E-state index < -0.39 is 0 Å². The second-order valence-corrected chi connectivity index (χ2v) is 5.81. The summed E-state index contributed by atoms with van der Waals surface area (Å²) in [5.41, 5.74) is 2.12. The Bertz CT molecular complexity index is 572. The molecular formula is C14H19BrCl2FN3. The SMILES string of the molecule is Cl.Cl.FC[C@@H](c1c[nH]c2ccc(Br)cc12)N1CCNCC1. The molecule has 0 radical (unpaired) electrons. The van der Waals surface area contributed by atoms with Crippen molar-refractivity contribution in [3.63, 3.8) is 0 Å². The Kier molecular flexibility index (Phi) is 7.44. The zero-order valence-corrected chi connectivity index (χ0v) is 14.7. The number of fused-ring (bicyclic) bond motifs is 1. The fraction of sp³-hybridized carbons (Fsp3) is 0.429. The number of halogens is 4. The minimum Gasteiger partial charge on any atom is -0.361 e. The molecule has 1 aliphatic heterocycles. The Hall–Kier alpha value is -0.330. The van der Waals surface area contributed by atoms with Crippen LogP contribution in [0.3, 0.4) is 0 Å². The van der Waals surface area contributed by atoms with E-state index in [4.69, 9.17) is 0 Å². The number of rotatable bonds is 3. The quantitative estimate of drug-likeness (QED) is 0.825. The van der Waals surface area contributed by atoms with Crippen molar-refractivity contribution in [1.82, 2.24) is 15.2 Å². The molecule has 118 valence electrons. The van der Waals surface area contributed by atoms with E-state index in [0.29, 0.717) is 0 Å². The van der Waals surface area contributed by atoms with E-state index in [1.807, 2.05) is 18.3 Å². The van der Waals surface area contributed by atoms with Crippen molar-refractivity contribution >= 4 is 51.6 Å². The molecule has 0 bridgehead atoms. The fourth-order valence-corrected chi connectivity index (χ4v) is 3.12. The van der Waals surface area contributed by atoms with Crippen molar-refractivity contribution in [2.45, 2.75) is 6.04 Å². The summed E-state index contributed by atoms with van der Waals surface area (Å²) in [6.45, 7) is 3.31. The molecule has 3 rings (SSSR count). The minimum absolute atomic E-state index is 0. The summed E-state index contributed by atoms with van der Waals surface area (Å²) in [7, 11) is 0. The average Bonchev–Trinajstić information content (AvgIpc) is 2.84. The Morgan fingerprint density at radius 2 is 1.95 bits per heavy atom. The Labute approximate surface area is 144 Å². The third kappa shape index (κ3) is 3.90. The number of nitrogens with one attached hydrogen (secondary N) is 2. The van der Waals surface area contributed by atoms with Gasteiger partial charge in [0.05, 0.1) is 6.04 Å².